The molecule has 176 valence electrons. The molecule has 3 aliphatic rings. The number of benzene rings is 1. The van der Waals surface area contributed by atoms with Gasteiger partial charge >= 0.3 is 0 Å². The Bertz CT molecular complexity index is 841. The Morgan fingerprint density at radius 2 is 1.72 bits per heavy atom. The molecule has 8 nitrogen and oxygen atoms in total. The van der Waals surface area contributed by atoms with Gasteiger partial charge in [-0.1, -0.05) is 25.4 Å². The highest BCUT2D eigenvalue weighted by molar-refractivity contribution is 6.30. The van der Waals surface area contributed by atoms with E-state index in [-0.39, 0.29) is 46.2 Å². The molecular formula is C22H29ClFN3O5. The Morgan fingerprint density at radius 1 is 1.12 bits per heavy atom. The molecule has 1 unspecified atom stereocenters. The molecule has 1 atom stereocenters. The van der Waals surface area contributed by atoms with E-state index < -0.39 is 11.9 Å². The van der Waals surface area contributed by atoms with Gasteiger partial charge in [0.2, 0.25) is 6.10 Å². The molecule has 2 bridgehead atoms. The number of carbonyl (C=O) groups excluding carboxylic acids is 2. The number of hydrogen-bond acceptors (Lipinski definition) is 6. The number of fused-ring (bicyclic) bond motifs is 3. The molecule has 0 aromatic heterocycles. The van der Waals surface area contributed by atoms with Crippen LogP contribution in [-0.2, 0) is 14.4 Å². The van der Waals surface area contributed by atoms with E-state index >= 15 is 0 Å². The summed E-state index contributed by atoms with van der Waals surface area (Å²) in [5, 5.41) is 8.62. The van der Waals surface area contributed by atoms with Crippen molar-refractivity contribution in [1.82, 2.24) is 10.6 Å². The first-order chi connectivity index (χ1) is 15.2. The second-order valence-electron chi connectivity index (χ2n) is 9.26. The van der Waals surface area contributed by atoms with Crippen LogP contribution in [0.1, 0.15) is 58.8 Å². The highest BCUT2D eigenvalue weighted by Crippen LogP contribution is 2.47. The molecule has 4 rings (SSSR count). The third-order valence-corrected chi connectivity index (χ3v) is 6.75. The lowest BCUT2D eigenvalue weighted by Gasteiger charge is -2.54. The molecule has 1 aromatic rings. The minimum Gasteiger partial charge on any atom is -0.484 e. The van der Waals surface area contributed by atoms with Crippen LogP contribution in [0.2, 0.25) is 5.02 Å². The van der Waals surface area contributed by atoms with Crippen molar-refractivity contribution in [2.24, 2.45) is 11.3 Å². The van der Waals surface area contributed by atoms with Gasteiger partial charge in [0, 0.05) is 17.1 Å². The summed E-state index contributed by atoms with van der Waals surface area (Å²) >= 11 is 5.65. The highest BCUT2D eigenvalue weighted by Gasteiger charge is 2.50. The Balaban J connectivity index is 1.51. The predicted molar refractivity (Wildman–Crippen MR) is 116 cm³/mol. The second kappa shape index (κ2) is 10.0. The molecule has 0 saturated heterocycles. The van der Waals surface area contributed by atoms with Crippen LogP contribution in [0, 0.1) is 16.6 Å². The van der Waals surface area contributed by atoms with Crippen molar-refractivity contribution < 1.29 is 23.6 Å². The van der Waals surface area contributed by atoms with E-state index in [0.29, 0.717) is 25.7 Å². The molecular weight excluding hydrogens is 441 g/mol. The number of carbonyl (C=O) groups is 2. The normalized spacial score (nSPS) is 25.2. The van der Waals surface area contributed by atoms with Gasteiger partial charge in [0.15, 0.2) is 11.9 Å². The van der Waals surface area contributed by atoms with Gasteiger partial charge in [0.1, 0.15) is 11.6 Å². The molecule has 0 aliphatic heterocycles. The van der Waals surface area contributed by atoms with Crippen LogP contribution in [-0.4, -0.2) is 35.6 Å². The Hall–Kier alpha value is -2.42. The van der Waals surface area contributed by atoms with Crippen molar-refractivity contribution >= 4 is 23.4 Å². The topological polar surface area (TPSA) is 106 Å². The molecule has 0 heterocycles. The minimum atomic E-state index is -0.898. The monoisotopic (exact) mass is 469 g/mol. The third-order valence-electron chi connectivity index (χ3n) is 6.45. The molecule has 32 heavy (non-hydrogen) atoms. The summed E-state index contributed by atoms with van der Waals surface area (Å²) in [5.41, 5.74) is -0.696. The van der Waals surface area contributed by atoms with Crippen molar-refractivity contribution in [2.75, 3.05) is 6.61 Å². The standard InChI is InChI=1S/C22H29ClFN3O5/c1-14(2)11-18(32-27-30)20(29)26-22-8-5-21(6-9-22,7-10-22)25-19(28)13-31-15-3-4-16(23)17(24)12-15/h3-4,12,14,18H,5-11,13H2,1-2H3,(H,25,28)(H,26,29). The lowest BCUT2D eigenvalue weighted by molar-refractivity contribution is -0.138. The number of ether oxygens (including phenoxy) is 1. The smallest absolute Gasteiger partial charge is 0.264 e. The van der Waals surface area contributed by atoms with E-state index in [0.717, 1.165) is 25.3 Å². The number of hydrogen-bond donors (Lipinski definition) is 2. The van der Waals surface area contributed by atoms with Crippen LogP contribution in [0.25, 0.3) is 0 Å². The van der Waals surface area contributed by atoms with Crippen molar-refractivity contribution in [3.63, 3.8) is 0 Å². The SMILES string of the molecule is CC(C)CC(ON=O)C(=O)NC12CCC(NC(=O)COc3ccc(Cl)c(F)c3)(CC1)CC2. The molecule has 2 amide bonds. The van der Waals surface area contributed by atoms with Crippen LogP contribution in [0.5, 0.6) is 5.75 Å². The lowest BCUT2D eigenvalue weighted by Crippen LogP contribution is -2.65. The second-order valence-corrected chi connectivity index (χ2v) is 9.67. The summed E-state index contributed by atoms with van der Waals surface area (Å²) in [6.07, 6.45) is 3.81. The fourth-order valence-electron chi connectivity index (χ4n) is 4.63. The van der Waals surface area contributed by atoms with Gasteiger partial charge in [-0.3, -0.25) is 9.59 Å². The van der Waals surface area contributed by atoms with Gasteiger partial charge in [-0.25, -0.2) is 4.39 Å². The minimum absolute atomic E-state index is 0.00909. The van der Waals surface area contributed by atoms with Gasteiger partial charge in [-0.2, -0.15) is 0 Å². The fourth-order valence-corrected chi connectivity index (χ4v) is 4.75. The van der Waals surface area contributed by atoms with E-state index in [1.54, 1.807) is 0 Å². The van der Waals surface area contributed by atoms with Gasteiger partial charge in [0.25, 0.3) is 11.8 Å². The van der Waals surface area contributed by atoms with Gasteiger partial charge < -0.3 is 20.2 Å². The average Bonchev–Trinajstić information content (AvgIpc) is 2.75. The van der Waals surface area contributed by atoms with Gasteiger partial charge in [-0.15, -0.1) is 4.91 Å². The zero-order chi connectivity index (χ0) is 23.4. The number of nitrogens with one attached hydrogen (secondary N) is 2. The summed E-state index contributed by atoms with van der Waals surface area (Å²) in [5.74, 6) is -0.790. The van der Waals surface area contributed by atoms with Crippen LogP contribution in [0.3, 0.4) is 0 Å². The Morgan fingerprint density at radius 3 is 2.25 bits per heavy atom. The molecule has 3 saturated carbocycles. The largest absolute Gasteiger partial charge is 0.484 e. The van der Waals surface area contributed by atoms with Crippen molar-refractivity contribution in [3.05, 3.63) is 33.9 Å². The molecule has 0 spiro atoms. The molecule has 0 radical (unpaired) electrons. The number of nitrogens with zero attached hydrogens (tertiary/aromatic N) is 1. The highest BCUT2D eigenvalue weighted by atomic mass is 35.5. The summed E-state index contributed by atoms with van der Waals surface area (Å²) in [7, 11) is 0. The van der Waals surface area contributed by atoms with E-state index in [1.807, 2.05) is 13.8 Å². The molecule has 2 N–H and O–H groups in total. The first-order valence-electron chi connectivity index (χ1n) is 10.9. The summed E-state index contributed by atoms with van der Waals surface area (Å²) in [4.78, 5) is 40.4. The van der Waals surface area contributed by atoms with Gasteiger partial charge in [-0.05, 0) is 63.0 Å². The maximum Gasteiger partial charge on any atom is 0.264 e. The van der Waals surface area contributed by atoms with E-state index in [1.165, 1.54) is 12.1 Å². The maximum atomic E-state index is 13.5. The Labute approximate surface area is 191 Å². The van der Waals surface area contributed by atoms with Crippen LogP contribution < -0.4 is 15.4 Å². The maximum absolute atomic E-state index is 13.5. The molecule has 3 fully saturated rings. The van der Waals surface area contributed by atoms with Crippen molar-refractivity contribution in [1.29, 1.82) is 0 Å². The first kappa shape index (κ1) is 24.2. The van der Waals surface area contributed by atoms with E-state index in [9.17, 15) is 18.9 Å². The number of halogens is 2. The average molecular weight is 470 g/mol. The first-order valence-corrected chi connectivity index (χ1v) is 11.2. The number of amides is 2. The fraction of sp³-hybridized carbons (Fsp3) is 0.636. The zero-order valence-corrected chi connectivity index (χ0v) is 19.0. The summed E-state index contributed by atoms with van der Waals surface area (Å²) in [6, 6.07) is 4.02. The van der Waals surface area contributed by atoms with Crippen molar-refractivity contribution in [2.45, 2.75) is 76.0 Å². The lowest BCUT2D eigenvalue weighted by atomic mass is 9.61. The van der Waals surface area contributed by atoms with Crippen LogP contribution in [0.15, 0.2) is 23.5 Å². The molecule has 1 aromatic carbocycles. The van der Waals surface area contributed by atoms with Crippen LogP contribution >= 0.6 is 11.6 Å². The summed E-state index contributed by atoms with van der Waals surface area (Å²) in [6.45, 7) is 3.66. The third kappa shape index (κ3) is 5.88. The predicted octanol–water partition coefficient (Wildman–Crippen LogP) is 4.05. The zero-order valence-electron chi connectivity index (χ0n) is 18.3. The van der Waals surface area contributed by atoms with E-state index in [2.05, 4.69) is 16.0 Å². The van der Waals surface area contributed by atoms with Gasteiger partial charge in [0.05, 0.1) is 5.02 Å². The summed E-state index contributed by atoms with van der Waals surface area (Å²) < 4.78 is 18.9. The molecule has 3 aliphatic carbocycles. The van der Waals surface area contributed by atoms with E-state index in [4.69, 9.17) is 21.2 Å². The van der Waals surface area contributed by atoms with Crippen LogP contribution in [0.4, 0.5) is 4.39 Å². The van der Waals surface area contributed by atoms with Crippen molar-refractivity contribution in [3.8, 4) is 5.75 Å². The Kier molecular flexibility index (Phi) is 7.59. The quantitative estimate of drug-likeness (QED) is 0.397. The molecule has 10 heteroatoms. The number of rotatable bonds is 10.